The van der Waals surface area contributed by atoms with Crippen LogP contribution in [-0.2, 0) is 0 Å². The molecule has 1 fully saturated rings. The Morgan fingerprint density at radius 1 is 1.00 bits per heavy atom. The lowest BCUT2D eigenvalue weighted by molar-refractivity contribution is 0.0210. The van der Waals surface area contributed by atoms with E-state index in [0.717, 1.165) is 11.3 Å². The summed E-state index contributed by atoms with van der Waals surface area (Å²) in [7, 11) is 0. The highest BCUT2D eigenvalue weighted by atomic mass is 16.3. The number of aliphatic hydroxyl groups is 2. The van der Waals surface area contributed by atoms with E-state index in [-0.39, 0.29) is 12.0 Å². The van der Waals surface area contributed by atoms with Crippen LogP contribution in [0.4, 0.5) is 5.82 Å². The molecule has 3 N–H and O–H groups in total. The summed E-state index contributed by atoms with van der Waals surface area (Å²) in [6.07, 6.45) is 4.21. The van der Waals surface area contributed by atoms with Gasteiger partial charge >= 0.3 is 0 Å². The highest BCUT2D eigenvalue weighted by Crippen LogP contribution is 2.29. The van der Waals surface area contributed by atoms with Gasteiger partial charge in [-0.3, -0.25) is 4.98 Å². The number of benzene rings is 1. The molecule has 0 unspecified atom stereocenters. The maximum Gasteiger partial charge on any atom is 0.157 e. The van der Waals surface area contributed by atoms with E-state index in [1.807, 2.05) is 43.3 Å². The molecule has 5 rings (SSSR count). The third kappa shape index (κ3) is 3.30. The molecule has 4 aromatic rings. The third-order valence-corrected chi connectivity index (χ3v) is 5.63. The molecule has 3 heterocycles. The highest BCUT2D eigenvalue weighted by molar-refractivity contribution is 5.65. The van der Waals surface area contributed by atoms with Crippen molar-refractivity contribution in [1.29, 1.82) is 0 Å². The molecule has 30 heavy (non-hydrogen) atoms. The summed E-state index contributed by atoms with van der Waals surface area (Å²) in [4.78, 5) is 13.4. The first-order valence-electron chi connectivity index (χ1n) is 9.95. The van der Waals surface area contributed by atoms with Gasteiger partial charge in [0.25, 0.3) is 0 Å². The number of aromatic nitrogens is 5. The lowest BCUT2D eigenvalue weighted by Crippen LogP contribution is -2.35. The molecule has 0 saturated heterocycles. The molecule has 0 radical (unpaired) electrons. The van der Waals surface area contributed by atoms with Gasteiger partial charge in [0.2, 0.25) is 0 Å². The second kappa shape index (κ2) is 7.47. The van der Waals surface area contributed by atoms with Gasteiger partial charge in [-0.25, -0.2) is 9.97 Å². The monoisotopic (exact) mass is 402 g/mol. The van der Waals surface area contributed by atoms with E-state index in [4.69, 9.17) is 4.98 Å². The molecule has 4 atom stereocenters. The van der Waals surface area contributed by atoms with Crippen LogP contribution >= 0.6 is 0 Å². The van der Waals surface area contributed by atoms with E-state index >= 15 is 0 Å². The van der Waals surface area contributed by atoms with Crippen molar-refractivity contribution in [3.8, 4) is 22.6 Å². The van der Waals surface area contributed by atoms with Crippen LogP contribution in [0.2, 0.25) is 0 Å². The van der Waals surface area contributed by atoms with Crippen LogP contribution in [0, 0.1) is 5.92 Å². The van der Waals surface area contributed by atoms with Crippen molar-refractivity contribution in [3.63, 3.8) is 0 Å². The van der Waals surface area contributed by atoms with Gasteiger partial charge in [0.1, 0.15) is 23.3 Å². The topological polar surface area (TPSA) is 108 Å². The van der Waals surface area contributed by atoms with E-state index in [1.54, 1.807) is 29.2 Å². The first-order valence-corrected chi connectivity index (χ1v) is 9.95. The maximum absolute atomic E-state index is 10.3. The normalized spacial score (nSPS) is 23.7. The van der Waals surface area contributed by atoms with Crippen LogP contribution in [0.3, 0.4) is 0 Å². The summed E-state index contributed by atoms with van der Waals surface area (Å²) in [6, 6.07) is 13.3. The van der Waals surface area contributed by atoms with Crippen LogP contribution in [0.1, 0.15) is 13.3 Å². The lowest BCUT2D eigenvalue weighted by atomic mass is 10.1. The molecular formula is C22H22N6O2. The first kappa shape index (κ1) is 18.7. The fourth-order valence-corrected chi connectivity index (χ4v) is 3.96. The van der Waals surface area contributed by atoms with Gasteiger partial charge in [-0.05, 0) is 18.4 Å². The van der Waals surface area contributed by atoms with Crippen LogP contribution in [-0.4, -0.2) is 53.0 Å². The predicted molar refractivity (Wildman–Crippen MR) is 113 cm³/mol. The van der Waals surface area contributed by atoms with Gasteiger partial charge in [0, 0.05) is 17.8 Å². The predicted octanol–water partition coefficient (Wildman–Crippen LogP) is 2.40. The molecule has 1 aliphatic carbocycles. The Hall–Kier alpha value is -3.36. The minimum atomic E-state index is -0.827. The third-order valence-electron chi connectivity index (χ3n) is 5.63. The number of aliphatic hydroxyl groups excluding tert-OH is 2. The Labute approximate surface area is 173 Å². The standard InChI is InChI=1S/C22H22N6O2/c1-13-9-16(22(30)21(13)29)26-19-7-8-24-20-10-15(27-28(19)20)18-12-23-11-17(25-18)14-5-3-2-4-6-14/h2-8,10-13,16,21-22,26,29-30H,9H2,1H3/t13-,16-,21-,22+/m1/s1. The maximum atomic E-state index is 10.3. The van der Waals surface area contributed by atoms with Crippen molar-refractivity contribution >= 4 is 11.5 Å². The number of rotatable bonds is 4. The quantitative estimate of drug-likeness (QED) is 0.481. The van der Waals surface area contributed by atoms with E-state index in [9.17, 15) is 10.2 Å². The van der Waals surface area contributed by atoms with Crippen LogP contribution in [0.25, 0.3) is 28.3 Å². The zero-order valence-electron chi connectivity index (χ0n) is 16.4. The molecule has 1 saturated carbocycles. The van der Waals surface area contributed by atoms with Crippen molar-refractivity contribution in [2.24, 2.45) is 5.92 Å². The SMILES string of the molecule is C[C@@H]1C[C@@H](Nc2ccnc3cc(-c4cncc(-c5ccccc5)n4)nn23)[C@H](O)[C@@H]1O. The van der Waals surface area contributed by atoms with Gasteiger partial charge in [-0.15, -0.1) is 0 Å². The highest BCUT2D eigenvalue weighted by Gasteiger charge is 2.39. The van der Waals surface area contributed by atoms with Crippen molar-refractivity contribution in [2.75, 3.05) is 5.32 Å². The van der Waals surface area contributed by atoms with E-state index in [1.165, 1.54) is 0 Å². The number of hydrogen-bond donors (Lipinski definition) is 3. The molecule has 0 spiro atoms. The van der Waals surface area contributed by atoms with Gasteiger partial charge < -0.3 is 15.5 Å². The summed E-state index contributed by atoms with van der Waals surface area (Å²) in [5, 5.41) is 28.3. The summed E-state index contributed by atoms with van der Waals surface area (Å²) in [6.45, 7) is 1.93. The summed E-state index contributed by atoms with van der Waals surface area (Å²) < 4.78 is 1.69. The Kier molecular flexibility index (Phi) is 4.65. The van der Waals surface area contributed by atoms with E-state index < -0.39 is 12.2 Å². The zero-order valence-corrected chi connectivity index (χ0v) is 16.4. The molecule has 152 valence electrons. The van der Waals surface area contributed by atoms with E-state index in [2.05, 4.69) is 20.4 Å². The Morgan fingerprint density at radius 3 is 2.57 bits per heavy atom. The van der Waals surface area contributed by atoms with Crippen molar-refractivity contribution in [3.05, 3.63) is 61.1 Å². The fraction of sp³-hybridized carbons (Fsp3) is 0.273. The Balaban J connectivity index is 1.49. The molecule has 3 aromatic heterocycles. The van der Waals surface area contributed by atoms with Crippen LogP contribution in [0.5, 0.6) is 0 Å². The lowest BCUT2D eigenvalue weighted by Gasteiger charge is -2.19. The minimum absolute atomic E-state index is 0.0269. The van der Waals surface area contributed by atoms with E-state index in [0.29, 0.717) is 29.3 Å². The number of anilines is 1. The largest absolute Gasteiger partial charge is 0.390 e. The average Bonchev–Trinajstić information content (AvgIpc) is 3.32. The fourth-order valence-electron chi connectivity index (χ4n) is 3.96. The van der Waals surface area contributed by atoms with Crippen molar-refractivity contribution in [1.82, 2.24) is 24.6 Å². The second-order valence-corrected chi connectivity index (χ2v) is 7.73. The number of nitrogens with zero attached hydrogens (tertiary/aromatic N) is 5. The van der Waals surface area contributed by atoms with Crippen LogP contribution < -0.4 is 5.32 Å². The smallest absolute Gasteiger partial charge is 0.157 e. The molecule has 8 heteroatoms. The van der Waals surface area contributed by atoms with Crippen molar-refractivity contribution in [2.45, 2.75) is 31.6 Å². The first-order chi connectivity index (χ1) is 14.6. The number of hydrogen-bond acceptors (Lipinski definition) is 7. The van der Waals surface area contributed by atoms with Gasteiger partial charge in [-0.2, -0.15) is 9.61 Å². The summed E-state index contributed by atoms with van der Waals surface area (Å²) >= 11 is 0. The van der Waals surface area contributed by atoms with Crippen molar-refractivity contribution < 1.29 is 10.2 Å². The molecule has 1 aliphatic rings. The molecule has 8 nitrogen and oxygen atoms in total. The van der Waals surface area contributed by atoms with Gasteiger partial charge in [0.05, 0.1) is 30.2 Å². The second-order valence-electron chi connectivity index (χ2n) is 7.73. The zero-order chi connectivity index (χ0) is 20.7. The number of nitrogens with one attached hydrogen (secondary N) is 1. The molecular weight excluding hydrogens is 380 g/mol. The Bertz CT molecular complexity index is 1180. The van der Waals surface area contributed by atoms with Gasteiger partial charge in [-0.1, -0.05) is 37.3 Å². The molecule has 0 aliphatic heterocycles. The Morgan fingerprint density at radius 2 is 1.80 bits per heavy atom. The minimum Gasteiger partial charge on any atom is -0.390 e. The number of fused-ring (bicyclic) bond motifs is 1. The molecule has 1 aromatic carbocycles. The summed E-state index contributed by atoms with van der Waals surface area (Å²) in [5.41, 5.74) is 3.72. The molecule has 0 bridgehead atoms. The summed E-state index contributed by atoms with van der Waals surface area (Å²) in [5.74, 6) is 0.725. The van der Waals surface area contributed by atoms with Crippen LogP contribution in [0.15, 0.2) is 61.1 Å². The van der Waals surface area contributed by atoms with Gasteiger partial charge in [0.15, 0.2) is 5.65 Å². The average molecular weight is 402 g/mol. The molecule has 0 amide bonds.